The molecule has 0 saturated heterocycles. The SMILES string of the molecule is CCC(C)C(=O)NCC(=O)Nc1ccc(NC(C)c2ccccc2)cc1. The quantitative estimate of drug-likeness (QED) is 0.673. The van der Waals surface area contributed by atoms with Gasteiger partial charge in [-0.15, -0.1) is 0 Å². The van der Waals surface area contributed by atoms with Gasteiger partial charge in [-0.2, -0.15) is 0 Å². The van der Waals surface area contributed by atoms with Gasteiger partial charge in [-0.1, -0.05) is 44.2 Å². The zero-order valence-electron chi connectivity index (χ0n) is 15.6. The fourth-order valence-electron chi connectivity index (χ4n) is 2.46. The molecule has 2 aromatic carbocycles. The second-order valence-corrected chi connectivity index (χ2v) is 6.43. The highest BCUT2D eigenvalue weighted by molar-refractivity contribution is 5.94. The number of nitrogens with one attached hydrogen (secondary N) is 3. The summed E-state index contributed by atoms with van der Waals surface area (Å²) in [4.78, 5) is 23.6. The molecule has 0 radical (unpaired) electrons. The standard InChI is InChI=1S/C21H27N3O2/c1-4-15(2)21(26)22-14-20(25)24-19-12-10-18(11-13-19)23-16(3)17-8-6-5-7-9-17/h5-13,15-16,23H,4,14H2,1-3H3,(H,22,26)(H,24,25). The number of benzene rings is 2. The van der Waals surface area contributed by atoms with Crippen molar-refractivity contribution >= 4 is 23.2 Å². The van der Waals surface area contributed by atoms with E-state index in [0.717, 1.165) is 12.1 Å². The molecule has 0 spiro atoms. The van der Waals surface area contributed by atoms with Gasteiger partial charge in [0.1, 0.15) is 0 Å². The molecule has 26 heavy (non-hydrogen) atoms. The Kier molecular flexibility index (Phi) is 7.21. The Balaban J connectivity index is 1.83. The van der Waals surface area contributed by atoms with Gasteiger partial charge >= 0.3 is 0 Å². The van der Waals surface area contributed by atoms with E-state index in [1.165, 1.54) is 5.56 Å². The highest BCUT2D eigenvalue weighted by atomic mass is 16.2. The Labute approximate surface area is 155 Å². The molecule has 5 nitrogen and oxygen atoms in total. The van der Waals surface area contributed by atoms with E-state index in [-0.39, 0.29) is 30.3 Å². The Hall–Kier alpha value is -2.82. The van der Waals surface area contributed by atoms with Crippen LogP contribution in [0.15, 0.2) is 54.6 Å². The molecule has 0 fully saturated rings. The molecular weight excluding hydrogens is 326 g/mol. The van der Waals surface area contributed by atoms with Crippen molar-refractivity contribution in [2.24, 2.45) is 5.92 Å². The van der Waals surface area contributed by atoms with E-state index in [1.54, 1.807) is 0 Å². The van der Waals surface area contributed by atoms with Crippen LogP contribution in [-0.2, 0) is 9.59 Å². The topological polar surface area (TPSA) is 70.2 Å². The smallest absolute Gasteiger partial charge is 0.243 e. The number of rotatable bonds is 8. The second-order valence-electron chi connectivity index (χ2n) is 6.43. The first kappa shape index (κ1) is 19.5. The number of hydrogen-bond acceptors (Lipinski definition) is 3. The number of carbonyl (C=O) groups is 2. The predicted molar refractivity (Wildman–Crippen MR) is 106 cm³/mol. The maximum atomic E-state index is 11.9. The maximum absolute atomic E-state index is 11.9. The predicted octanol–water partition coefficient (Wildman–Crippen LogP) is 3.96. The normalized spacial score (nSPS) is 12.7. The van der Waals surface area contributed by atoms with Gasteiger partial charge in [-0.3, -0.25) is 9.59 Å². The molecule has 0 saturated carbocycles. The Morgan fingerprint density at radius 2 is 1.54 bits per heavy atom. The second kappa shape index (κ2) is 9.61. The monoisotopic (exact) mass is 353 g/mol. The molecule has 5 heteroatoms. The minimum absolute atomic E-state index is 0.0196. The lowest BCUT2D eigenvalue weighted by atomic mass is 10.1. The molecule has 2 amide bonds. The summed E-state index contributed by atoms with van der Waals surface area (Å²) in [5, 5.41) is 8.86. The van der Waals surface area contributed by atoms with E-state index in [9.17, 15) is 9.59 Å². The van der Waals surface area contributed by atoms with Gasteiger partial charge in [0.05, 0.1) is 6.54 Å². The summed E-state index contributed by atoms with van der Waals surface area (Å²) < 4.78 is 0. The van der Waals surface area contributed by atoms with Gasteiger partial charge < -0.3 is 16.0 Å². The van der Waals surface area contributed by atoms with Crippen LogP contribution in [0.3, 0.4) is 0 Å². The van der Waals surface area contributed by atoms with Crippen molar-refractivity contribution in [2.75, 3.05) is 17.2 Å². The van der Waals surface area contributed by atoms with Crippen LogP contribution < -0.4 is 16.0 Å². The van der Waals surface area contributed by atoms with Crippen molar-refractivity contribution in [1.29, 1.82) is 0 Å². The van der Waals surface area contributed by atoms with Crippen LogP contribution in [0.2, 0.25) is 0 Å². The fraction of sp³-hybridized carbons (Fsp3) is 0.333. The average molecular weight is 353 g/mol. The summed E-state index contributed by atoms with van der Waals surface area (Å²) >= 11 is 0. The van der Waals surface area contributed by atoms with Crippen molar-refractivity contribution in [1.82, 2.24) is 5.32 Å². The molecule has 0 aromatic heterocycles. The lowest BCUT2D eigenvalue weighted by molar-refractivity contribution is -0.126. The number of carbonyl (C=O) groups excluding carboxylic acids is 2. The molecule has 0 aliphatic heterocycles. The van der Waals surface area contributed by atoms with E-state index in [1.807, 2.05) is 56.3 Å². The van der Waals surface area contributed by atoms with E-state index < -0.39 is 0 Å². The van der Waals surface area contributed by atoms with Crippen LogP contribution in [0.5, 0.6) is 0 Å². The van der Waals surface area contributed by atoms with Crippen molar-refractivity contribution < 1.29 is 9.59 Å². The molecule has 2 atom stereocenters. The summed E-state index contributed by atoms with van der Waals surface area (Å²) in [7, 11) is 0. The minimum atomic E-state index is -0.236. The van der Waals surface area contributed by atoms with Crippen molar-refractivity contribution in [2.45, 2.75) is 33.2 Å². The fourth-order valence-corrected chi connectivity index (χ4v) is 2.46. The van der Waals surface area contributed by atoms with Crippen molar-refractivity contribution in [3.63, 3.8) is 0 Å². The minimum Gasteiger partial charge on any atom is -0.379 e. The largest absolute Gasteiger partial charge is 0.379 e. The Morgan fingerprint density at radius 1 is 0.923 bits per heavy atom. The summed E-state index contributed by atoms with van der Waals surface area (Å²) in [6.45, 7) is 5.87. The van der Waals surface area contributed by atoms with Crippen molar-refractivity contribution in [3.8, 4) is 0 Å². The lowest BCUT2D eigenvalue weighted by Gasteiger charge is -2.16. The third kappa shape index (κ3) is 5.92. The van der Waals surface area contributed by atoms with Crippen molar-refractivity contribution in [3.05, 3.63) is 60.2 Å². The maximum Gasteiger partial charge on any atom is 0.243 e. The number of amides is 2. The zero-order valence-corrected chi connectivity index (χ0v) is 15.6. The third-order valence-corrected chi connectivity index (χ3v) is 4.33. The van der Waals surface area contributed by atoms with Crippen LogP contribution in [0.4, 0.5) is 11.4 Å². The molecule has 0 heterocycles. The summed E-state index contributed by atoms with van der Waals surface area (Å²) in [6.07, 6.45) is 0.753. The molecule has 0 bridgehead atoms. The molecule has 2 aromatic rings. The summed E-state index contributed by atoms with van der Waals surface area (Å²) in [6, 6.07) is 17.9. The first-order chi connectivity index (χ1) is 12.5. The van der Waals surface area contributed by atoms with Crippen LogP contribution in [-0.4, -0.2) is 18.4 Å². The number of anilines is 2. The van der Waals surface area contributed by atoms with Crippen LogP contribution in [0, 0.1) is 5.92 Å². The highest BCUT2D eigenvalue weighted by Gasteiger charge is 2.11. The van der Waals surface area contributed by atoms with E-state index >= 15 is 0 Å². The Bertz CT molecular complexity index is 714. The van der Waals surface area contributed by atoms with Gasteiger partial charge in [-0.25, -0.2) is 0 Å². The zero-order chi connectivity index (χ0) is 18.9. The third-order valence-electron chi connectivity index (χ3n) is 4.33. The van der Waals surface area contributed by atoms with Gasteiger partial charge in [-0.05, 0) is 43.2 Å². The van der Waals surface area contributed by atoms with Gasteiger partial charge in [0.25, 0.3) is 0 Å². The van der Waals surface area contributed by atoms with Crippen LogP contribution >= 0.6 is 0 Å². The molecule has 3 N–H and O–H groups in total. The van der Waals surface area contributed by atoms with Gasteiger partial charge in [0, 0.05) is 23.3 Å². The summed E-state index contributed by atoms with van der Waals surface area (Å²) in [5.41, 5.74) is 2.89. The van der Waals surface area contributed by atoms with E-state index in [4.69, 9.17) is 0 Å². The van der Waals surface area contributed by atoms with Crippen LogP contribution in [0.25, 0.3) is 0 Å². The molecule has 2 rings (SSSR count). The highest BCUT2D eigenvalue weighted by Crippen LogP contribution is 2.20. The molecule has 2 unspecified atom stereocenters. The Morgan fingerprint density at radius 3 is 2.15 bits per heavy atom. The molecular formula is C21H27N3O2. The van der Waals surface area contributed by atoms with E-state index in [0.29, 0.717) is 5.69 Å². The first-order valence-corrected chi connectivity index (χ1v) is 8.98. The first-order valence-electron chi connectivity index (χ1n) is 8.98. The molecule has 0 aliphatic carbocycles. The molecule has 0 aliphatic rings. The average Bonchev–Trinajstić information content (AvgIpc) is 2.67. The van der Waals surface area contributed by atoms with E-state index in [2.05, 4.69) is 35.0 Å². The van der Waals surface area contributed by atoms with Gasteiger partial charge in [0.2, 0.25) is 11.8 Å². The lowest BCUT2D eigenvalue weighted by Crippen LogP contribution is -2.35. The molecule has 138 valence electrons. The summed E-state index contributed by atoms with van der Waals surface area (Å²) in [5.74, 6) is -0.420. The van der Waals surface area contributed by atoms with Gasteiger partial charge in [0.15, 0.2) is 0 Å². The van der Waals surface area contributed by atoms with Crippen LogP contribution in [0.1, 0.15) is 38.8 Å². The number of hydrogen-bond donors (Lipinski definition) is 3.